The van der Waals surface area contributed by atoms with E-state index in [0.29, 0.717) is 0 Å². The van der Waals surface area contributed by atoms with Gasteiger partial charge in [0.25, 0.3) is 0 Å². The van der Waals surface area contributed by atoms with Crippen molar-refractivity contribution in [3.05, 3.63) is 27.7 Å². The van der Waals surface area contributed by atoms with Gasteiger partial charge in [-0.3, -0.25) is 0 Å². The summed E-state index contributed by atoms with van der Waals surface area (Å²) in [6.07, 6.45) is 3.09. The SMILES string of the molecule is CSCCC(N)c1nc2cc(Br)ccc2s1. The maximum atomic E-state index is 6.11. The highest BCUT2D eigenvalue weighted by Crippen LogP contribution is 2.29. The largest absolute Gasteiger partial charge is 0.322 e. The molecule has 0 aliphatic rings. The second kappa shape index (κ2) is 5.49. The Morgan fingerprint density at radius 3 is 3.12 bits per heavy atom. The van der Waals surface area contributed by atoms with Crippen LogP contribution in [0.5, 0.6) is 0 Å². The minimum absolute atomic E-state index is 0.0728. The highest BCUT2D eigenvalue weighted by atomic mass is 79.9. The van der Waals surface area contributed by atoms with Crippen LogP contribution in [0.15, 0.2) is 22.7 Å². The number of hydrogen-bond acceptors (Lipinski definition) is 4. The summed E-state index contributed by atoms with van der Waals surface area (Å²) in [6, 6.07) is 6.24. The average molecular weight is 317 g/mol. The number of benzene rings is 1. The van der Waals surface area contributed by atoms with Crippen LogP contribution in [0.2, 0.25) is 0 Å². The van der Waals surface area contributed by atoms with Crippen LogP contribution in [0.4, 0.5) is 0 Å². The van der Waals surface area contributed by atoms with E-state index < -0.39 is 0 Å². The normalized spacial score (nSPS) is 13.2. The summed E-state index contributed by atoms with van der Waals surface area (Å²) in [4.78, 5) is 4.58. The Hall–Kier alpha value is -0.100. The molecule has 1 aromatic heterocycles. The van der Waals surface area contributed by atoms with E-state index in [9.17, 15) is 0 Å². The van der Waals surface area contributed by atoms with Crippen LogP contribution >= 0.6 is 39.0 Å². The van der Waals surface area contributed by atoms with Gasteiger partial charge in [0.1, 0.15) is 5.01 Å². The Labute approximate surface area is 112 Å². The fraction of sp³-hybridized carbons (Fsp3) is 0.364. The molecule has 0 fully saturated rings. The quantitative estimate of drug-likeness (QED) is 0.932. The first-order valence-electron chi connectivity index (χ1n) is 5.01. The first kappa shape index (κ1) is 12.4. The second-order valence-corrected chi connectivity index (χ2v) is 6.52. The molecule has 0 spiro atoms. The number of halogens is 1. The maximum absolute atomic E-state index is 6.11. The number of nitrogens with two attached hydrogens (primary N) is 1. The van der Waals surface area contributed by atoms with E-state index in [1.807, 2.05) is 23.9 Å². The minimum Gasteiger partial charge on any atom is -0.322 e. The van der Waals surface area contributed by atoms with Crippen molar-refractivity contribution < 1.29 is 0 Å². The topological polar surface area (TPSA) is 38.9 Å². The molecule has 0 aliphatic heterocycles. The van der Waals surface area contributed by atoms with Crippen molar-refractivity contribution in [1.29, 1.82) is 0 Å². The Kier molecular flexibility index (Phi) is 4.24. The molecule has 0 bridgehead atoms. The van der Waals surface area contributed by atoms with Gasteiger partial charge in [0, 0.05) is 4.47 Å². The predicted octanol–water partition coefficient (Wildman–Crippen LogP) is 3.81. The molecule has 16 heavy (non-hydrogen) atoms. The molecule has 0 saturated heterocycles. The third kappa shape index (κ3) is 2.77. The molecular weight excluding hydrogens is 304 g/mol. The van der Waals surface area contributed by atoms with Crippen molar-refractivity contribution in [2.45, 2.75) is 12.5 Å². The lowest BCUT2D eigenvalue weighted by Crippen LogP contribution is -2.10. The molecule has 0 saturated carbocycles. The molecule has 2 N–H and O–H groups in total. The molecular formula is C11H13BrN2S2. The molecule has 2 aromatic rings. The highest BCUT2D eigenvalue weighted by molar-refractivity contribution is 9.10. The van der Waals surface area contributed by atoms with Gasteiger partial charge in [-0.1, -0.05) is 15.9 Å². The molecule has 0 aliphatic carbocycles. The molecule has 1 heterocycles. The van der Waals surface area contributed by atoms with Crippen molar-refractivity contribution in [3.8, 4) is 0 Å². The van der Waals surface area contributed by atoms with Crippen LogP contribution in [0.1, 0.15) is 17.5 Å². The monoisotopic (exact) mass is 316 g/mol. The predicted molar refractivity (Wildman–Crippen MR) is 77.2 cm³/mol. The van der Waals surface area contributed by atoms with Crippen molar-refractivity contribution in [2.24, 2.45) is 5.73 Å². The summed E-state index contributed by atoms with van der Waals surface area (Å²) >= 11 is 6.97. The van der Waals surface area contributed by atoms with Crippen LogP contribution in [0, 0.1) is 0 Å². The van der Waals surface area contributed by atoms with Gasteiger partial charge in [0.2, 0.25) is 0 Å². The number of nitrogens with zero attached hydrogens (tertiary/aromatic N) is 1. The van der Waals surface area contributed by atoms with Gasteiger partial charge < -0.3 is 5.73 Å². The summed E-state index contributed by atoms with van der Waals surface area (Å²) < 4.78 is 2.27. The molecule has 2 nitrogen and oxygen atoms in total. The lowest BCUT2D eigenvalue weighted by atomic mass is 10.2. The van der Waals surface area contributed by atoms with Crippen LogP contribution in [0.25, 0.3) is 10.2 Å². The summed E-state index contributed by atoms with van der Waals surface area (Å²) in [5.41, 5.74) is 7.14. The smallest absolute Gasteiger partial charge is 0.111 e. The van der Waals surface area contributed by atoms with E-state index in [-0.39, 0.29) is 6.04 Å². The Morgan fingerprint density at radius 2 is 2.38 bits per heavy atom. The van der Waals surface area contributed by atoms with Gasteiger partial charge in [-0.2, -0.15) is 11.8 Å². The zero-order valence-electron chi connectivity index (χ0n) is 8.94. The molecule has 1 unspecified atom stereocenters. The molecule has 1 aromatic carbocycles. The van der Waals surface area contributed by atoms with E-state index in [0.717, 1.165) is 27.2 Å². The summed E-state index contributed by atoms with van der Waals surface area (Å²) in [5, 5.41) is 1.04. The van der Waals surface area contributed by atoms with Crippen LogP contribution in [0.3, 0.4) is 0 Å². The van der Waals surface area contributed by atoms with Gasteiger partial charge in [0.05, 0.1) is 16.3 Å². The Balaban J connectivity index is 2.25. The van der Waals surface area contributed by atoms with Gasteiger partial charge >= 0.3 is 0 Å². The van der Waals surface area contributed by atoms with E-state index in [1.54, 1.807) is 11.3 Å². The maximum Gasteiger partial charge on any atom is 0.111 e. The highest BCUT2D eigenvalue weighted by Gasteiger charge is 2.11. The van der Waals surface area contributed by atoms with Crippen molar-refractivity contribution in [1.82, 2.24) is 4.98 Å². The van der Waals surface area contributed by atoms with E-state index in [2.05, 4.69) is 33.2 Å². The number of aromatic nitrogens is 1. The van der Waals surface area contributed by atoms with Gasteiger partial charge in [-0.05, 0) is 36.6 Å². The van der Waals surface area contributed by atoms with Gasteiger partial charge in [-0.15, -0.1) is 11.3 Å². The molecule has 2 rings (SSSR count). The first-order chi connectivity index (χ1) is 7.70. The third-order valence-corrected chi connectivity index (χ3v) is 4.62. The average Bonchev–Trinajstić information content (AvgIpc) is 2.68. The fourth-order valence-electron chi connectivity index (χ4n) is 1.45. The van der Waals surface area contributed by atoms with Crippen molar-refractivity contribution in [3.63, 3.8) is 0 Å². The number of thiazole rings is 1. The number of hydrogen-bond donors (Lipinski definition) is 1. The first-order valence-corrected chi connectivity index (χ1v) is 8.01. The van der Waals surface area contributed by atoms with Crippen molar-refractivity contribution in [2.75, 3.05) is 12.0 Å². The van der Waals surface area contributed by atoms with E-state index in [4.69, 9.17) is 5.73 Å². The van der Waals surface area contributed by atoms with Crippen molar-refractivity contribution >= 4 is 49.2 Å². The molecule has 0 radical (unpaired) electrons. The summed E-state index contributed by atoms with van der Waals surface area (Å²) in [7, 11) is 0. The summed E-state index contributed by atoms with van der Waals surface area (Å²) in [5.74, 6) is 1.08. The van der Waals surface area contributed by atoms with Crippen LogP contribution in [-0.2, 0) is 0 Å². The molecule has 5 heteroatoms. The lowest BCUT2D eigenvalue weighted by Gasteiger charge is -2.05. The zero-order chi connectivity index (χ0) is 11.5. The number of thioether (sulfide) groups is 1. The number of rotatable bonds is 4. The standard InChI is InChI=1S/C11H13BrN2S2/c1-15-5-4-8(13)11-14-9-6-7(12)2-3-10(9)16-11/h2-3,6,8H,4-5,13H2,1H3. The third-order valence-electron chi connectivity index (χ3n) is 2.32. The minimum atomic E-state index is 0.0728. The molecule has 86 valence electrons. The number of fused-ring (bicyclic) bond motifs is 1. The van der Waals surface area contributed by atoms with Gasteiger partial charge in [0.15, 0.2) is 0 Å². The summed E-state index contributed by atoms with van der Waals surface area (Å²) in [6.45, 7) is 0. The van der Waals surface area contributed by atoms with E-state index in [1.165, 1.54) is 4.70 Å². The zero-order valence-corrected chi connectivity index (χ0v) is 12.2. The van der Waals surface area contributed by atoms with Crippen LogP contribution < -0.4 is 5.73 Å². The second-order valence-electron chi connectivity index (χ2n) is 3.55. The van der Waals surface area contributed by atoms with Crippen LogP contribution in [-0.4, -0.2) is 17.0 Å². The Bertz CT molecular complexity index is 484. The lowest BCUT2D eigenvalue weighted by molar-refractivity contribution is 0.701. The van der Waals surface area contributed by atoms with E-state index >= 15 is 0 Å². The van der Waals surface area contributed by atoms with Gasteiger partial charge in [-0.25, -0.2) is 4.98 Å². The fourth-order valence-corrected chi connectivity index (χ4v) is 3.27. The Morgan fingerprint density at radius 1 is 1.56 bits per heavy atom. The molecule has 0 amide bonds. The molecule has 1 atom stereocenters.